The molecule has 0 aliphatic rings. The van der Waals surface area contributed by atoms with Gasteiger partial charge in [-0.2, -0.15) is 0 Å². The second-order valence-electron chi connectivity index (χ2n) is 4.79. The van der Waals surface area contributed by atoms with Gasteiger partial charge in [0.2, 0.25) is 11.8 Å². The fraction of sp³-hybridized carbons (Fsp3) is 0.125. The van der Waals surface area contributed by atoms with Crippen molar-refractivity contribution >= 4 is 5.69 Å². The standard InChI is InChI=1S/C16H15N3O/c1-11-5-7-12(8-6-11)9-15-18-19-16(20-15)13-3-2-4-14(17)10-13/h2-8,10H,9,17H2,1H3. The third kappa shape index (κ3) is 2.69. The van der Waals surface area contributed by atoms with Crippen LogP contribution in [0.25, 0.3) is 11.5 Å². The van der Waals surface area contributed by atoms with E-state index in [1.165, 1.54) is 5.56 Å². The zero-order valence-electron chi connectivity index (χ0n) is 11.2. The van der Waals surface area contributed by atoms with Crippen molar-refractivity contribution in [2.45, 2.75) is 13.3 Å². The third-order valence-electron chi connectivity index (χ3n) is 3.08. The van der Waals surface area contributed by atoms with E-state index in [1.54, 1.807) is 0 Å². The van der Waals surface area contributed by atoms with Crippen LogP contribution in [0.15, 0.2) is 52.9 Å². The van der Waals surface area contributed by atoms with Crippen LogP contribution in [0.1, 0.15) is 17.0 Å². The molecule has 0 amide bonds. The summed E-state index contributed by atoms with van der Waals surface area (Å²) in [6, 6.07) is 15.7. The minimum atomic E-state index is 0.499. The van der Waals surface area contributed by atoms with Gasteiger partial charge in [-0.1, -0.05) is 35.9 Å². The van der Waals surface area contributed by atoms with Crippen LogP contribution in [0.2, 0.25) is 0 Å². The van der Waals surface area contributed by atoms with E-state index < -0.39 is 0 Å². The summed E-state index contributed by atoms with van der Waals surface area (Å²) in [6.45, 7) is 2.06. The van der Waals surface area contributed by atoms with E-state index in [1.807, 2.05) is 24.3 Å². The molecule has 0 fully saturated rings. The van der Waals surface area contributed by atoms with E-state index >= 15 is 0 Å². The maximum absolute atomic E-state index is 5.75. The van der Waals surface area contributed by atoms with Crippen molar-refractivity contribution in [1.82, 2.24) is 10.2 Å². The molecule has 0 saturated heterocycles. The van der Waals surface area contributed by atoms with Crippen molar-refractivity contribution in [2.24, 2.45) is 0 Å². The van der Waals surface area contributed by atoms with Crippen molar-refractivity contribution in [1.29, 1.82) is 0 Å². The van der Waals surface area contributed by atoms with Gasteiger partial charge in [-0.3, -0.25) is 0 Å². The molecule has 2 N–H and O–H groups in total. The monoisotopic (exact) mass is 265 g/mol. The van der Waals surface area contributed by atoms with Gasteiger partial charge < -0.3 is 10.2 Å². The number of hydrogen-bond donors (Lipinski definition) is 1. The van der Waals surface area contributed by atoms with E-state index in [4.69, 9.17) is 10.2 Å². The minimum Gasteiger partial charge on any atom is -0.420 e. The Bertz CT molecular complexity index is 717. The largest absolute Gasteiger partial charge is 0.420 e. The zero-order valence-corrected chi connectivity index (χ0v) is 11.2. The predicted octanol–water partition coefficient (Wildman–Crippen LogP) is 3.22. The van der Waals surface area contributed by atoms with Crippen LogP contribution in [0.4, 0.5) is 5.69 Å². The molecule has 0 bridgehead atoms. The molecule has 4 nitrogen and oxygen atoms in total. The molecule has 3 aromatic rings. The minimum absolute atomic E-state index is 0.499. The molecule has 0 spiro atoms. The first-order chi connectivity index (χ1) is 9.70. The summed E-state index contributed by atoms with van der Waals surface area (Å²) in [5.74, 6) is 1.10. The first-order valence-corrected chi connectivity index (χ1v) is 6.44. The van der Waals surface area contributed by atoms with E-state index in [0.29, 0.717) is 23.9 Å². The maximum atomic E-state index is 5.75. The molecule has 0 aliphatic carbocycles. The highest BCUT2D eigenvalue weighted by atomic mass is 16.4. The van der Waals surface area contributed by atoms with Crippen LogP contribution >= 0.6 is 0 Å². The summed E-state index contributed by atoms with van der Waals surface area (Å²) in [4.78, 5) is 0. The molecule has 4 heteroatoms. The topological polar surface area (TPSA) is 64.9 Å². The van der Waals surface area contributed by atoms with Gasteiger partial charge in [-0.25, -0.2) is 0 Å². The molecule has 3 rings (SSSR count). The predicted molar refractivity (Wildman–Crippen MR) is 78.1 cm³/mol. The van der Waals surface area contributed by atoms with Crippen molar-refractivity contribution in [3.8, 4) is 11.5 Å². The van der Waals surface area contributed by atoms with Crippen molar-refractivity contribution in [3.63, 3.8) is 0 Å². The van der Waals surface area contributed by atoms with Crippen LogP contribution in [0.3, 0.4) is 0 Å². The van der Waals surface area contributed by atoms with Crippen molar-refractivity contribution in [3.05, 3.63) is 65.5 Å². The summed E-state index contributed by atoms with van der Waals surface area (Å²) >= 11 is 0. The number of aryl methyl sites for hydroxylation is 1. The van der Waals surface area contributed by atoms with Crippen LogP contribution < -0.4 is 5.73 Å². The molecule has 0 atom stereocenters. The number of nitrogen functional groups attached to an aromatic ring is 1. The van der Waals surface area contributed by atoms with Gasteiger partial charge in [0.1, 0.15) is 0 Å². The normalized spacial score (nSPS) is 10.7. The molecule has 2 aromatic carbocycles. The van der Waals surface area contributed by atoms with E-state index in [2.05, 4.69) is 41.4 Å². The van der Waals surface area contributed by atoms with E-state index in [9.17, 15) is 0 Å². The Morgan fingerprint density at radius 2 is 1.85 bits per heavy atom. The lowest BCUT2D eigenvalue weighted by Gasteiger charge is -1.98. The Morgan fingerprint density at radius 3 is 2.60 bits per heavy atom. The number of nitrogens with zero attached hydrogens (tertiary/aromatic N) is 2. The van der Waals surface area contributed by atoms with Gasteiger partial charge in [-0.05, 0) is 30.7 Å². The fourth-order valence-corrected chi connectivity index (χ4v) is 1.99. The lowest BCUT2D eigenvalue weighted by molar-refractivity contribution is 0.518. The molecule has 0 saturated carbocycles. The van der Waals surface area contributed by atoms with Crippen LogP contribution in [-0.4, -0.2) is 10.2 Å². The highest BCUT2D eigenvalue weighted by Crippen LogP contribution is 2.21. The second-order valence-corrected chi connectivity index (χ2v) is 4.79. The molecule has 100 valence electrons. The summed E-state index contributed by atoms with van der Waals surface area (Å²) in [6.07, 6.45) is 0.635. The lowest BCUT2D eigenvalue weighted by atomic mass is 10.1. The molecule has 1 heterocycles. The lowest BCUT2D eigenvalue weighted by Crippen LogP contribution is -1.88. The van der Waals surface area contributed by atoms with Gasteiger partial charge in [0, 0.05) is 11.3 Å². The van der Waals surface area contributed by atoms with Gasteiger partial charge in [0.15, 0.2) is 0 Å². The maximum Gasteiger partial charge on any atom is 0.247 e. The molecule has 0 unspecified atom stereocenters. The fourth-order valence-electron chi connectivity index (χ4n) is 1.99. The Morgan fingerprint density at radius 1 is 1.05 bits per heavy atom. The molecular formula is C16H15N3O. The third-order valence-corrected chi connectivity index (χ3v) is 3.08. The molecule has 0 aliphatic heterocycles. The SMILES string of the molecule is Cc1ccc(Cc2nnc(-c3cccc(N)c3)o2)cc1. The van der Waals surface area contributed by atoms with Gasteiger partial charge >= 0.3 is 0 Å². The Labute approximate surface area is 117 Å². The molecule has 0 radical (unpaired) electrons. The molecule has 1 aromatic heterocycles. The number of rotatable bonds is 3. The summed E-state index contributed by atoms with van der Waals surface area (Å²) < 4.78 is 5.68. The average molecular weight is 265 g/mol. The summed E-state index contributed by atoms with van der Waals surface area (Å²) in [7, 11) is 0. The van der Waals surface area contributed by atoms with Crippen LogP contribution in [0.5, 0.6) is 0 Å². The smallest absolute Gasteiger partial charge is 0.247 e. The number of hydrogen-bond acceptors (Lipinski definition) is 4. The summed E-state index contributed by atoms with van der Waals surface area (Å²) in [5, 5.41) is 8.15. The summed E-state index contributed by atoms with van der Waals surface area (Å²) in [5.41, 5.74) is 9.66. The van der Waals surface area contributed by atoms with Gasteiger partial charge in [0.05, 0.1) is 6.42 Å². The van der Waals surface area contributed by atoms with Gasteiger partial charge in [-0.15, -0.1) is 10.2 Å². The van der Waals surface area contributed by atoms with Crippen LogP contribution in [0, 0.1) is 6.92 Å². The number of benzene rings is 2. The molecular weight excluding hydrogens is 250 g/mol. The Kier molecular flexibility index (Phi) is 3.21. The first-order valence-electron chi connectivity index (χ1n) is 6.44. The van der Waals surface area contributed by atoms with E-state index in [0.717, 1.165) is 11.1 Å². The first kappa shape index (κ1) is 12.4. The number of anilines is 1. The van der Waals surface area contributed by atoms with Crippen molar-refractivity contribution < 1.29 is 4.42 Å². The Hall–Kier alpha value is -2.62. The highest BCUT2D eigenvalue weighted by molar-refractivity contribution is 5.59. The number of nitrogens with two attached hydrogens (primary N) is 1. The zero-order chi connectivity index (χ0) is 13.9. The Balaban J connectivity index is 1.82. The quantitative estimate of drug-likeness (QED) is 0.738. The second kappa shape index (κ2) is 5.17. The van der Waals surface area contributed by atoms with Gasteiger partial charge in [0.25, 0.3) is 0 Å². The molecule has 20 heavy (non-hydrogen) atoms. The van der Waals surface area contributed by atoms with Crippen molar-refractivity contribution in [2.75, 3.05) is 5.73 Å². The van der Waals surface area contributed by atoms with E-state index in [-0.39, 0.29) is 0 Å². The average Bonchev–Trinajstić information content (AvgIpc) is 2.90. The number of aromatic nitrogens is 2. The highest BCUT2D eigenvalue weighted by Gasteiger charge is 2.09. The van der Waals surface area contributed by atoms with Crippen LogP contribution in [-0.2, 0) is 6.42 Å².